The molecule has 0 fully saturated rings. The summed E-state index contributed by atoms with van der Waals surface area (Å²) in [6, 6.07) is 10.6. The lowest BCUT2D eigenvalue weighted by Gasteiger charge is -2.09. The van der Waals surface area contributed by atoms with Crippen LogP contribution in [0.25, 0.3) is 0 Å². The smallest absolute Gasteiger partial charge is 0.159 e. The largest absolute Gasteiger partial charge is 0.497 e. The number of ether oxygens (including phenoxy) is 3. The zero-order valence-electron chi connectivity index (χ0n) is 14.7. The molecule has 0 saturated heterocycles. The van der Waals surface area contributed by atoms with E-state index in [2.05, 4.69) is 5.16 Å². The highest BCUT2D eigenvalue weighted by molar-refractivity contribution is 5.94. The fourth-order valence-electron chi connectivity index (χ4n) is 2.25. The van der Waals surface area contributed by atoms with Crippen molar-refractivity contribution in [1.29, 1.82) is 0 Å². The van der Waals surface area contributed by atoms with Crippen molar-refractivity contribution in [3.63, 3.8) is 0 Å². The van der Waals surface area contributed by atoms with Gasteiger partial charge < -0.3 is 19.0 Å². The predicted octanol–water partition coefficient (Wildman–Crippen LogP) is 3.47. The van der Waals surface area contributed by atoms with Crippen molar-refractivity contribution in [3.8, 4) is 17.2 Å². The lowest BCUT2D eigenvalue weighted by atomic mass is 10.1. The van der Waals surface area contributed by atoms with Crippen LogP contribution in [0.5, 0.6) is 17.2 Å². The number of carbonyl (C=O) groups is 1. The second-order valence-corrected chi connectivity index (χ2v) is 5.20. The van der Waals surface area contributed by atoms with Crippen LogP contribution in [0.15, 0.2) is 41.6 Å². The Labute approximate surface area is 147 Å². The molecule has 0 N–H and O–H groups in total. The van der Waals surface area contributed by atoms with Gasteiger partial charge in [-0.3, -0.25) is 4.79 Å². The highest BCUT2D eigenvalue weighted by atomic mass is 16.6. The molecular weight excluding hydrogens is 322 g/mol. The molecule has 25 heavy (non-hydrogen) atoms. The Morgan fingerprint density at radius 1 is 1.00 bits per heavy atom. The van der Waals surface area contributed by atoms with E-state index in [0.29, 0.717) is 22.8 Å². The van der Waals surface area contributed by atoms with Crippen LogP contribution in [-0.2, 0) is 11.4 Å². The van der Waals surface area contributed by atoms with Gasteiger partial charge in [-0.2, -0.15) is 0 Å². The number of carbonyl (C=O) groups excluding carboxylic acids is 1. The molecule has 0 heterocycles. The van der Waals surface area contributed by atoms with Gasteiger partial charge in [0.2, 0.25) is 0 Å². The summed E-state index contributed by atoms with van der Waals surface area (Å²) in [5, 5.41) is 3.97. The summed E-state index contributed by atoms with van der Waals surface area (Å²) in [4.78, 5) is 16.9. The maximum Gasteiger partial charge on any atom is 0.159 e. The molecule has 0 atom stereocenters. The fraction of sp³-hybridized carbons (Fsp3) is 0.263. The van der Waals surface area contributed by atoms with Crippen LogP contribution in [0, 0.1) is 0 Å². The standard InChI is InChI=1S/C19H21NO5/c1-13(21)14-5-7-19(24-4)16(9-14)12-25-20-11-15-10-17(22-2)6-8-18(15)23-3/h5-11H,12H2,1-4H3/b20-11-. The van der Waals surface area contributed by atoms with Gasteiger partial charge in [0.25, 0.3) is 0 Å². The molecule has 0 aliphatic heterocycles. The van der Waals surface area contributed by atoms with Gasteiger partial charge in [-0.05, 0) is 43.3 Å². The molecule has 0 bridgehead atoms. The molecule has 0 unspecified atom stereocenters. The molecule has 0 aromatic heterocycles. The maximum atomic E-state index is 11.5. The van der Waals surface area contributed by atoms with Crippen LogP contribution in [0.1, 0.15) is 28.4 Å². The number of hydrogen-bond acceptors (Lipinski definition) is 6. The van der Waals surface area contributed by atoms with Gasteiger partial charge in [0.05, 0.1) is 27.5 Å². The van der Waals surface area contributed by atoms with Gasteiger partial charge in [0.15, 0.2) is 5.78 Å². The Kier molecular flexibility index (Phi) is 6.39. The summed E-state index contributed by atoms with van der Waals surface area (Å²) >= 11 is 0. The second kappa shape index (κ2) is 8.73. The van der Waals surface area contributed by atoms with Crippen LogP contribution in [-0.4, -0.2) is 33.3 Å². The first-order valence-electron chi connectivity index (χ1n) is 7.64. The Balaban J connectivity index is 2.11. The van der Waals surface area contributed by atoms with Crippen molar-refractivity contribution >= 4 is 12.0 Å². The summed E-state index contributed by atoms with van der Waals surface area (Å²) in [6.45, 7) is 1.69. The van der Waals surface area contributed by atoms with Crippen molar-refractivity contribution in [2.24, 2.45) is 5.16 Å². The Morgan fingerprint density at radius 2 is 1.72 bits per heavy atom. The average molecular weight is 343 g/mol. The van der Waals surface area contributed by atoms with Gasteiger partial charge in [0.1, 0.15) is 23.9 Å². The van der Waals surface area contributed by atoms with E-state index in [1.54, 1.807) is 63.9 Å². The van der Waals surface area contributed by atoms with Gasteiger partial charge in [0, 0.05) is 16.7 Å². The topological polar surface area (TPSA) is 66.3 Å². The highest BCUT2D eigenvalue weighted by Gasteiger charge is 2.08. The first-order chi connectivity index (χ1) is 12.1. The molecule has 0 aliphatic rings. The lowest BCUT2D eigenvalue weighted by molar-refractivity contribution is 0.101. The number of nitrogens with zero attached hydrogens (tertiary/aromatic N) is 1. The summed E-state index contributed by atoms with van der Waals surface area (Å²) in [6.07, 6.45) is 1.54. The SMILES string of the molecule is COc1ccc(OC)c(/C=N\OCc2cc(C(C)=O)ccc2OC)c1. The van der Waals surface area contributed by atoms with E-state index in [9.17, 15) is 4.79 Å². The summed E-state index contributed by atoms with van der Waals surface area (Å²) in [5.74, 6) is 1.97. The minimum absolute atomic E-state index is 0.0199. The van der Waals surface area contributed by atoms with Crippen LogP contribution in [0.3, 0.4) is 0 Å². The molecule has 132 valence electrons. The first kappa shape index (κ1) is 18.3. The maximum absolute atomic E-state index is 11.5. The van der Waals surface area contributed by atoms with Gasteiger partial charge in [-0.25, -0.2) is 0 Å². The summed E-state index contributed by atoms with van der Waals surface area (Å²) in [5.41, 5.74) is 2.06. The molecule has 0 amide bonds. The molecule has 2 rings (SSSR count). The van der Waals surface area contributed by atoms with E-state index in [4.69, 9.17) is 19.0 Å². The molecule has 0 aliphatic carbocycles. The number of Topliss-reactive ketones (excluding diaryl/α,β-unsaturated/α-hetero) is 1. The normalized spacial score (nSPS) is 10.6. The van der Waals surface area contributed by atoms with E-state index >= 15 is 0 Å². The Bertz CT molecular complexity index is 770. The van der Waals surface area contributed by atoms with E-state index < -0.39 is 0 Å². The summed E-state index contributed by atoms with van der Waals surface area (Å²) < 4.78 is 15.8. The van der Waals surface area contributed by atoms with E-state index in [1.807, 2.05) is 0 Å². The Hall–Kier alpha value is -3.02. The number of ketones is 1. The first-order valence-corrected chi connectivity index (χ1v) is 7.64. The molecule has 6 nitrogen and oxygen atoms in total. The van der Waals surface area contributed by atoms with Crippen LogP contribution < -0.4 is 14.2 Å². The van der Waals surface area contributed by atoms with Crippen molar-refractivity contribution in [2.45, 2.75) is 13.5 Å². The highest BCUT2D eigenvalue weighted by Crippen LogP contribution is 2.23. The quantitative estimate of drug-likeness (QED) is 0.417. The van der Waals surface area contributed by atoms with Gasteiger partial charge >= 0.3 is 0 Å². The third-order valence-corrected chi connectivity index (χ3v) is 3.61. The zero-order valence-corrected chi connectivity index (χ0v) is 14.7. The fourth-order valence-corrected chi connectivity index (χ4v) is 2.25. The molecule has 0 spiro atoms. The molecular formula is C19H21NO5. The van der Waals surface area contributed by atoms with Crippen LogP contribution in [0.4, 0.5) is 0 Å². The third-order valence-electron chi connectivity index (χ3n) is 3.61. The van der Waals surface area contributed by atoms with E-state index in [-0.39, 0.29) is 12.4 Å². The minimum atomic E-state index is -0.0199. The van der Waals surface area contributed by atoms with Crippen molar-refractivity contribution in [2.75, 3.05) is 21.3 Å². The predicted molar refractivity (Wildman–Crippen MR) is 94.9 cm³/mol. The van der Waals surface area contributed by atoms with Crippen LogP contribution in [0.2, 0.25) is 0 Å². The number of methoxy groups -OCH3 is 3. The second-order valence-electron chi connectivity index (χ2n) is 5.20. The van der Waals surface area contributed by atoms with E-state index in [0.717, 1.165) is 11.1 Å². The van der Waals surface area contributed by atoms with Gasteiger partial charge in [-0.15, -0.1) is 0 Å². The number of hydrogen-bond donors (Lipinski definition) is 0. The average Bonchev–Trinajstić information content (AvgIpc) is 2.64. The number of benzene rings is 2. The van der Waals surface area contributed by atoms with Crippen LogP contribution >= 0.6 is 0 Å². The lowest BCUT2D eigenvalue weighted by Crippen LogP contribution is -1.99. The number of oxime groups is 1. The zero-order chi connectivity index (χ0) is 18.2. The Morgan fingerprint density at radius 3 is 2.36 bits per heavy atom. The van der Waals surface area contributed by atoms with Crippen molar-refractivity contribution in [1.82, 2.24) is 0 Å². The molecule has 2 aromatic carbocycles. The molecule has 0 saturated carbocycles. The molecule has 6 heteroatoms. The number of rotatable bonds is 8. The van der Waals surface area contributed by atoms with Crippen molar-refractivity contribution in [3.05, 3.63) is 53.1 Å². The third kappa shape index (κ3) is 4.73. The molecule has 0 radical (unpaired) electrons. The summed E-state index contributed by atoms with van der Waals surface area (Å²) in [7, 11) is 4.74. The van der Waals surface area contributed by atoms with Crippen molar-refractivity contribution < 1.29 is 23.8 Å². The van der Waals surface area contributed by atoms with Gasteiger partial charge in [-0.1, -0.05) is 5.16 Å². The monoisotopic (exact) mass is 343 g/mol. The molecule has 2 aromatic rings. The van der Waals surface area contributed by atoms with E-state index in [1.165, 1.54) is 6.92 Å². The minimum Gasteiger partial charge on any atom is -0.497 e.